The average molecular weight is 215 g/mol. The van der Waals surface area contributed by atoms with Crippen molar-refractivity contribution in [1.82, 2.24) is 4.90 Å². The van der Waals surface area contributed by atoms with Gasteiger partial charge in [-0.05, 0) is 25.7 Å². The monoisotopic (exact) mass is 215 g/mol. The van der Waals surface area contributed by atoms with E-state index in [-0.39, 0.29) is 12.0 Å². The number of piperidine rings is 1. The van der Waals surface area contributed by atoms with E-state index in [1.165, 1.54) is 0 Å². The van der Waals surface area contributed by atoms with E-state index in [2.05, 4.69) is 6.92 Å². The molecule has 0 saturated carbocycles. The Balaban J connectivity index is 0.000000921. The van der Waals surface area contributed by atoms with Crippen molar-refractivity contribution < 1.29 is 9.53 Å². The molecular formula is C12H25NO2. The maximum absolute atomic E-state index is 11.6. The minimum absolute atomic E-state index is 0.134. The lowest BCUT2D eigenvalue weighted by atomic mass is 9.99. The van der Waals surface area contributed by atoms with E-state index in [1.54, 1.807) is 14.0 Å². The molecule has 0 aromatic rings. The molecule has 1 amide bonds. The number of rotatable bonds is 2. The minimum Gasteiger partial charge on any atom is -0.372 e. The zero-order chi connectivity index (χ0) is 11.8. The molecule has 0 N–H and O–H groups in total. The zero-order valence-electron chi connectivity index (χ0n) is 10.7. The summed E-state index contributed by atoms with van der Waals surface area (Å²) in [4.78, 5) is 13.5. The topological polar surface area (TPSA) is 29.5 Å². The van der Waals surface area contributed by atoms with Gasteiger partial charge >= 0.3 is 0 Å². The molecule has 1 atom stereocenters. The van der Waals surface area contributed by atoms with Crippen LogP contribution in [0.3, 0.4) is 0 Å². The molecule has 0 radical (unpaired) electrons. The van der Waals surface area contributed by atoms with E-state index in [0.29, 0.717) is 0 Å². The normalized spacial score (nSPS) is 19.1. The van der Waals surface area contributed by atoms with Crippen LogP contribution in [0.25, 0.3) is 0 Å². The molecule has 1 saturated heterocycles. The summed E-state index contributed by atoms with van der Waals surface area (Å²) >= 11 is 0. The van der Waals surface area contributed by atoms with Gasteiger partial charge in [-0.15, -0.1) is 0 Å². The molecule has 1 fully saturated rings. The third kappa shape index (κ3) is 4.65. The fraction of sp³-hybridized carbons (Fsp3) is 0.917. The summed E-state index contributed by atoms with van der Waals surface area (Å²) in [5.74, 6) is 0.899. The van der Waals surface area contributed by atoms with Gasteiger partial charge in [0, 0.05) is 20.2 Å². The quantitative estimate of drug-likeness (QED) is 0.707. The molecule has 1 heterocycles. The van der Waals surface area contributed by atoms with Gasteiger partial charge < -0.3 is 9.64 Å². The Morgan fingerprint density at radius 2 is 1.80 bits per heavy atom. The van der Waals surface area contributed by atoms with Gasteiger partial charge in [-0.25, -0.2) is 0 Å². The van der Waals surface area contributed by atoms with Crippen LogP contribution in [0.1, 0.15) is 40.5 Å². The predicted octanol–water partition coefficient (Wildman–Crippen LogP) is 2.31. The molecule has 0 aromatic heterocycles. The Morgan fingerprint density at radius 3 is 2.20 bits per heavy atom. The Bertz CT molecular complexity index is 174. The lowest BCUT2D eigenvalue weighted by molar-refractivity contribution is -0.142. The van der Waals surface area contributed by atoms with Crippen molar-refractivity contribution in [3.8, 4) is 0 Å². The molecule has 15 heavy (non-hydrogen) atoms. The summed E-state index contributed by atoms with van der Waals surface area (Å²) < 4.78 is 5.00. The van der Waals surface area contributed by atoms with Crippen molar-refractivity contribution in [2.24, 2.45) is 5.92 Å². The minimum atomic E-state index is -0.284. The standard InChI is InChI=1S/C10H19NO2.C2H6/c1-8-4-6-11(7-5-8)10(12)9(2)13-3;1-2/h8-9H,4-7H2,1-3H3;1-2H3/t9-;/m1./s1. The fourth-order valence-electron chi connectivity index (χ4n) is 1.59. The summed E-state index contributed by atoms with van der Waals surface area (Å²) in [6.45, 7) is 9.84. The zero-order valence-corrected chi connectivity index (χ0v) is 10.7. The van der Waals surface area contributed by atoms with E-state index in [4.69, 9.17) is 4.74 Å². The predicted molar refractivity (Wildman–Crippen MR) is 62.8 cm³/mol. The Kier molecular flexibility index (Phi) is 7.39. The van der Waals surface area contributed by atoms with Crippen LogP contribution >= 0.6 is 0 Å². The number of carbonyl (C=O) groups is 1. The van der Waals surface area contributed by atoms with Crippen molar-refractivity contribution in [2.45, 2.75) is 46.6 Å². The first kappa shape index (κ1) is 14.4. The Labute approximate surface area is 93.8 Å². The number of methoxy groups -OCH3 is 1. The number of hydrogen-bond donors (Lipinski definition) is 0. The van der Waals surface area contributed by atoms with Crippen LogP contribution in [0, 0.1) is 5.92 Å². The van der Waals surface area contributed by atoms with Crippen LogP contribution in [0.5, 0.6) is 0 Å². The molecule has 0 unspecified atom stereocenters. The van der Waals surface area contributed by atoms with Crippen LogP contribution < -0.4 is 0 Å². The smallest absolute Gasteiger partial charge is 0.251 e. The molecule has 3 nitrogen and oxygen atoms in total. The second kappa shape index (κ2) is 7.69. The van der Waals surface area contributed by atoms with Crippen molar-refractivity contribution >= 4 is 5.91 Å². The first-order valence-corrected chi connectivity index (χ1v) is 5.96. The molecule has 0 spiro atoms. The molecule has 90 valence electrons. The average Bonchev–Trinajstić information content (AvgIpc) is 2.31. The molecule has 0 aliphatic carbocycles. The summed E-state index contributed by atoms with van der Waals surface area (Å²) in [5, 5.41) is 0. The highest BCUT2D eigenvalue weighted by molar-refractivity contribution is 5.80. The second-order valence-corrected chi connectivity index (χ2v) is 3.89. The second-order valence-electron chi connectivity index (χ2n) is 3.89. The van der Waals surface area contributed by atoms with Crippen molar-refractivity contribution in [3.63, 3.8) is 0 Å². The number of nitrogens with zero attached hydrogens (tertiary/aromatic N) is 1. The molecule has 1 aliphatic rings. The molecule has 1 aliphatic heterocycles. The number of likely N-dealkylation sites (tertiary alicyclic amines) is 1. The first-order valence-electron chi connectivity index (χ1n) is 5.96. The number of carbonyl (C=O) groups excluding carboxylic acids is 1. The van der Waals surface area contributed by atoms with E-state index in [9.17, 15) is 4.79 Å². The van der Waals surface area contributed by atoms with Gasteiger partial charge in [0.2, 0.25) is 0 Å². The number of hydrogen-bond acceptors (Lipinski definition) is 2. The van der Waals surface area contributed by atoms with E-state index in [0.717, 1.165) is 31.8 Å². The lowest BCUT2D eigenvalue weighted by Crippen LogP contribution is -2.43. The van der Waals surface area contributed by atoms with Crippen molar-refractivity contribution in [1.29, 1.82) is 0 Å². The number of ether oxygens (including phenoxy) is 1. The highest BCUT2D eigenvalue weighted by Gasteiger charge is 2.23. The van der Waals surface area contributed by atoms with Crippen LogP contribution in [0.2, 0.25) is 0 Å². The van der Waals surface area contributed by atoms with Gasteiger partial charge in [0.05, 0.1) is 0 Å². The van der Waals surface area contributed by atoms with Gasteiger partial charge in [-0.1, -0.05) is 20.8 Å². The molecule has 1 rings (SSSR count). The van der Waals surface area contributed by atoms with Crippen molar-refractivity contribution in [2.75, 3.05) is 20.2 Å². The van der Waals surface area contributed by atoms with Gasteiger partial charge in [-0.3, -0.25) is 4.79 Å². The lowest BCUT2D eigenvalue weighted by Gasteiger charge is -2.31. The highest BCUT2D eigenvalue weighted by atomic mass is 16.5. The van der Waals surface area contributed by atoms with Crippen LogP contribution in [-0.4, -0.2) is 37.1 Å². The Morgan fingerprint density at radius 1 is 1.33 bits per heavy atom. The third-order valence-corrected chi connectivity index (χ3v) is 2.80. The highest BCUT2D eigenvalue weighted by Crippen LogP contribution is 2.16. The van der Waals surface area contributed by atoms with E-state index < -0.39 is 0 Å². The van der Waals surface area contributed by atoms with Gasteiger partial charge in [-0.2, -0.15) is 0 Å². The van der Waals surface area contributed by atoms with E-state index >= 15 is 0 Å². The molecule has 3 heteroatoms. The van der Waals surface area contributed by atoms with Gasteiger partial charge in [0.15, 0.2) is 0 Å². The van der Waals surface area contributed by atoms with Crippen LogP contribution in [0.4, 0.5) is 0 Å². The molecule has 0 aromatic carbocycles. The first-order chi connectivity index (χ1) is 7.15. The summed E-state index contributed by atoms with van der Waals surface area (Å²) in [6, 6.07) is 0. The fourth-order valence-corrected chi connectivity index (χ4v) is 1.59. The SMILES string of the molecule is CC.CO[C@H](C)C(=O)N1CCC(C)CC1. The summed E-state index contributed by atoms with van der Waals surface area (Å²) in [5.41, 5.74) is 0. The third-order valence-electron chi connectivity index (χ3n) is 2.80. The van der Waals surface area contributed by atoms with E-state index in [1.807, 2.05) is 18.7 Å². The van der Waals surface area contributed by atoms with Crippen LogP contribution in [0.15, 0.2) is 0 Å². The van der Waals surface area contributed by atoms with Crippen molar-refractivity contribution in [3.05, 3.63) is 0 Å². The van der Waals surface area contributed by atoms with Crippen LogP contribution in [-0.2, 0) is 9.53 Å². The summed E-state index contributed by atoms with van der Waals surface area (Å²) in [7, 11) is 1.58. The molecular weight excluding hydrogens is 190 g/mol. The molecule has 0 bridgehead atoms. The Hall–Kier alpha value is -0.570. The number of amides is 1. The summed E-state index contributed by atoms with van der Waals surface area (Å²) in [6.07, 6.45) is 1.97. The maximum Gasteiger partial charge on any atom is 0.251 e. The van der Waals surface area contributed by atoms with Gasteiger partial charge in [0.25, 0.3) is 5.91 Å². The van der Waals surface area contributed by atoms with Gasteiger partial charge in [0.1, 0.15) is 6.10 Å². The maximum atomic E-state index is 11.6. The largest absolute Gasteiger partial charge is 0.372 e.